The van der Waals surface area contributed by atoms with Gasteiger partial charge in [0.25, 0.3) is 0 Å². The molecule has 1 nitrogen and oxygen atoms in total. The van der Waals surface area contributed by atoms with Crippen LogP contribution in [-0.2, 0) is 6.42 Å². The molecule has 1 fully saturated rings. The summed E-state index contributed by atoms with van der Waals surface area (Å²) in [4.78, 5) is 0. The van der Waals surface area contributed by atoms with Gasteiger partial charge in [0.05, 0.1) is 0 Å². The number of hydrogen-bond acceptors (Lipinski definition) is 1. The molecule has 1 heterocycles. The normalized spacial score (nSPS) is 25.7. The van der Waals surface area contributed by atoms with E-state index < -0.39 is 0 Å². The highest BCUT2D eigenvalue weighted by Gasteiger charge is 2.26. The van der Waals surface area contributed by atoms with E-state index in [-0.39, 0.29) is 0 Å². The summed E-state index contributed by atoms with van der Waals surface area (Å²) in [5.74, 6) is 0. The zero-order chi connectivity index (χ0) is 10.6. The summed E-state index contributed by atoms with van der Waals surface area (Å²) >= 11 is 0. The Hall–Kier alpha value is -0.820. The summed E-state index contributed by atoms with van der Waals surface area (Å²) in [5, 5.41) is 3.62. The van der Waals surface area contributed by atoms with Crippen LogP contribution in [0, 0.1) is 0 Å². The third kappa shape index (κ3) is 3.07. The van der Waals surface area contributed by atoms with Gasteiger partial charge in [-0.05, 0) is 51.1 Å². The van der Waals surface area contributed by atoms with Gasteiger partial charge in [0.1, 0.15) is 0 Å². The summed E-state index contributed by atoms with van der Waals surface area (Å²) in [6.07, 6.45) is 6.52. The van der Waals surface area contributed by atoms with Gasteiger partial charge in [-0.15, -0.1) is 0 Å². The maximum absolute atomic E-state index is 3.62. The van der Waals surface area contributed by atoms with Crippen molar-refractivity contribution in [1.82, 2.24) is 5.32 Å². The lowest BCUT2D eigenvalue weighted by molar-refractivity contribution is 0.373. The van der Waals surface area contributed by atoms with E-state index in [2.05, 4.69) is 42.6 Å². The standard InChI is InChI=1S/C14H21N/c1-14(11-6-12-15-14)10-5-9-13-7-3-2-4-8-13/h2-4,7-8,15H,5-6,9-12H2,1H3/t14-/m1/s1. The van der Waals surface area contributed by atoms with Gasteiger partial charge in [-0.1, -0.05) is 30.3 Å². The van der Waals surface area contributed by atoms with Gasteiger partial charge in [-0.3, -0.25) is 0 Å². The van der Waals surface area contributed by atoms with Crippen molar-refractivity contribution >= 4 is 0 Å². The molecule has 1 aliphatic heterocycles. The molecule has 0 unspecified atom stereocenters. The maximum atomic E-state index is 3.62. The van der Waals surface area contributed by atoms with Gasteiger partial charge in [0, 0.05) is 5.54 Å². The van der Waals surface area contributed by atoms with Crippen molar-refractivity contribution in [3.63, 3.8) is 0 Å². The van der Waals surface area contributed by atoms with Crippen molar-refractivity contribution in [1.29, 1.82) is 0 Å². The zero-order valence-corrected chi connectivity index (χ0v) is 9.63. The van der Waals surface area contributed by atoms with E-state index in [0.717, 1.165) is 0 Å². The number of nitrogens with one attached hydrogen (secondary N) is 1. The zero-order valence-electron chi connectivity index (χ0n) is 9.63. The van der Waals surface area contributed by atoms with Crippen LogP contribution in [0.15, 0.2) is 30.3 Å². The van der Waals surface area contributed by atoms with Crippen LogP contribution in [0.4, 0.5) is 0 Å². The van der Waals surface area contributed by atoms with Gasteiger partial charge in [0.15, 0.2) is 0 Å². The second-order valence-electron chi connectivity index (χ2n) is 4.93. The second-order valence-corrected chi connectivity index (χ2v) is 4.93. The third-order valence-corrected chi connectivity index (χ3v) is 3.49. The van der Waals surface area contributed by atoms with Gasteiger partial charge in [-0.2, -0.15) is 0 Å². The number of rotatable bonds is 4. The van der Waals surface area contributed by atoms with Crippen molar-refractivity contribution in [3.05, 3.63) is 35.9 Å². The SMILES string of the molecule is C[C@@]1(CCCc2ccccc2)CCCN1. The molecule has 0 radical (unpaired) electrons. The van der Waals surface area contributed by atoms with Gasteiger partial charge < -0.3 is 5.32 Å². The lowest BCUT2D eigenvalue weighted by Gasteiger charge is -2.24. The van der Waals surface area contributed by atoms with Crippen molar-refractivity contribution < 1.29 is 0 Å². The largest absolute Gasteiger partial charge is 0.312 e. The fourth-order valence-electron chi connectivity index (χ4n) is 2.50. The first-order valence-corrected chi connectivity index (χ1v) is 6.07. The number of aryl methyl sites for hydroxylation is 1. The van der Waals surface area contributed by atoms with E-state index in [1.165, 1.54) is 44.2 Å². The molecule has 82 valence electrons. The van der Waals surface area contributed by atoms with E-state index >= 15 is 0 Å². The van der Waals surface area contributed by atoms with Crippen LogP contribution in [0.2, 0.25) is 0 Å². The van der Waals surface area contributed by atoms with Gasteiger partial charge >= 0.3 is 0 Å². The molecule has 0 aromatic heterocycles. The van der Waals surface area contributed by atoms with Crippen molar-refractivity contribution in [2.45, 2.75) is 44.6 Å². The smallest absolute Gasteiger partial charge is 0.0153 e. The topological polar surface area (TPSA) is 12.0 Å². The van der Waals surface area contributed by atoms with Crippen LogP contribution in [0.3, 0.4) is 0 Å². The minimum absolute atomic E-state index is 0.425. The van der Waals surface area contributed by atoms with E-state index in [4.69, 9.17) is 0 Å². The highest BCUT2D eigenvalue weighted by Crippen LogP contribution is 2.24. The molecular formula is C14H21N. The molecule has 0 bridgehead atoms. The van der Waals surface area contributed by atoms with Crippen molar-refractivity contribution in [3.8, 4) is 0 Å². The molecule has 2 rings (SSSR count). The number of benzene rings is 1. The Bertz CT molecular complexity index is 285. The van der Waals surface area contributed by atoms with Gasteiger partial charge in [0.2, 0.25) is 0 Å². The quantitative estimate of drug-likeness (QED) is 0.792. The molecule has 1 aliphatic rings. The Balaban J connectivity index is 1.75. The van der Waals surface area contributed by atoms with Gasteiger partial charge in [-0.25, -0.2) is 0 Å². The molecule has 1 aromatic carbocycles. The summed E-state index contributed by atoms with van der Waals surface area (Å²) in [6, 6.07) is 10.8. The average Bonchev–Trinajstić information content (AvgIpc) is 2.67. The summed E-state index contributed by atoms with van der Waals surface area (Å²) in [7, 11) is 0. The Morgan fingerprint density at radius 3 is 2.73 bits per heavy atom. The van der Waals surface area contributed by atoms with Crippen LogP contribution < -0.4 is 5.32 Å². The van der Waals surface area contributed by atoms with E-state index in [0.29, 0.717) is 5.54 Å². The fourth-order valence-corrected chi connectivity index (χ4v) is 2.50. The lowest BCUT2D eigenvalue weighted by atomic mass is 9.92. The van der Waals surface area contributed by atoms with Crippen molar-refractivity contribution in [2.75, 3.05) is 6.54 Å². The van der Waals surface area contributed by atoms with E-state index in [1.54, 1.807) is 0 Å². The molecule has 1 N–H and O–H groups in total. The summed E-state index contributed by atoms with van der Waals surface area (Å²) < 4.78 is 0. The Morgan fingerprint density at radius 1 is 1.27 bits per heavy atom. The predicted octanol–water partition coefficient (Wildman–Crippen LogP) is 3.15. The molecule has 0 saturated carbocycles. The van der Waals surface area contributed by atoms with Crippen LogP contribution >= 0.6 is 0 Å². The van der Waals surface area contributed by atoms with Crippen LogP contribution in [0.25, 0.3) is 0 Å². The van der Waals surface area contributed by atoms with E-state index in [1.807, 2.05) is 0 Å². The molecule has 15 heavy (non-hydrogen) atoms. The first-order valence-electron chi connectivity index (χ1n) is 6.07. The first kappa shape index (κ1) is 10.7. The summed E-state index contributed by atoms with van der Waals surface area (Å²) in [5.41, 5.74) is 1.90. The fraction of sp³-hybridized carbons (Fsp3) is 0.571. The van der Waals surface area contributed by atoms with Crippen LogP contribution in [0.1, 0.15) is 38.2 Å². The average molecular weight is 203 g/mol. The Kier molecular flexibility index (Phi) is 3.42. The predicted molar refractivity (Wildman–Crippen MR) is 65.0 cm³/mol. The molecule has 1 aromatic rings. The van der Waals surface area contributed by atoms with E-state index in [9.17, 15) is 0 Å². The second kappa shape index (κ2) is 4.80. The molecule has 1 heteroatoms. The van der Waals surface area contributed by atoms with Crippen LogP contribution in [-0.4, -0.2) is 12.1 Å². The molecule has 0 amide bonds. The number of hydrogen-bond donors (Lipinski definition) is 1. The maximum Gasteiger partial charge on any atom is 0.0153 e. The Morgan fingerprint density at radius 2 is 2.07 bits per heavy atom. The third-order valence-electron chi connectivity index (χ3n) is 3.49. The molecule has 1 saturated heterocycles. The molecule has 0 spiro atoms. The van der Waals surface area contributed by atoms with Crippen LogP contribution in [0.5, 0.6) is 0 Å². The summed E-state index contributed by atoms with van der Waals surface area (Å²) in [6.45, 7) is 3.58. The molecule has 1 atom stereocenters. The highest BCUT2D eigenvalue weighted by atomic mass is 15.0. The monoisotopic (exact) mass is 203 g/mol. The first-order chi connectivity index (χ1) is 7.29. The van der Waals surface area contributed by atoms with Crippen molar-refractivity contribution in [2.24, 2.45) is 0 Å². The minimum atomic E-state index is 0.425. The Labute approximate surface area is 92.9 Å². The molecular weight excluding hydrogens is 182 g/mol. The lowest BCUT2D eigenvalue weighted by Crippen LogP contribution is -2.35. The highest BCUT2D eigenvalue weighted by molar-refractivity contribution is 5.14. The molecule has 0 aliphatic carbocycles. The minimum Gasteiger partial charge on any atom is -0.312 e.